The summed E-state index contributed by atoms with van der Waals surface area (Å²) in [5, 5.41) is 9.05. The Hall–Kier alpha value is -3.18. The van der Waals surface area contributed by atoms with Crippen molar-refractivity contribution in [1.82, 2.24) is 21.0 Å². The number of nitrogens with zero attached hydrogens (tertiary/aromatic N) is 2. The van der Waals surface area contributed by atoms with Crippen molar-refractivity contribution in [2.24, 2.45) is 11.0 Å². The Labute approximate surface area is 188 Å². The minimum Gasteiger partial charge on any atom is -0.435 e. The van der Waals surface area contributed by atoms with Gasteiger partial charge in [0.1, 0.15) is 11.4 Å². The van der Waals surface area contributed by atoms with Crippen LogP contribution >= 0.6 is 0 Å². The third-order valence-electron chi connectivity index (χ3n) is 6.05. The van der Waals surface area contributed by atoms with Crippen LogP contribution in [0.3, 0.4) is 0 Å². The molecule has 1 aromatic heterocycles. The number of carbonyl (C=O) groups excluding carboxylic acids is 3. The molecular formula is C21H26F3N5O4. The van der Waals surface area contributed by atoms with Gasteiger partial charge in [0.05, 0.1) is 0 Å². The van der Waals surface area contributed by atoms with E-state index in [4.69, 9.17) is 4.74 Å². The maximum Gasteiger partial charge on any atom is 0.433 e. The average molecular weight is 469 g/mol. The van der Waals surface area contributed by atoms with Crippen LogP contribution in [0.4, 0.5) is 18.0 Å². The molecular weight excluding hydrogens is 443 g/mol. The van der Waals surface area contributed by atoms with E-state index in [-0.39, 0.29) is 12.0 Å². The molecule has 1 aliphatic carbocycles. The Bertz CT molecular complexity index is 971. The van der Waals surface area contributed by atoms with E-state index in [2.05, 4.69) is 26.1 Å². The monoisotopic (exact) mass is 469 g/mol. The first-order chi connectivity index (χ1) is 15.4. The number of hydrogen-bond donors (Lipinski definition) is 3. The number of aryl methyl sites for hydroxylation is 1. The number of rotatable bonds is 4. The van der Waals surface area contributed by atoms with Gasteiger partial charge in [-0.15, -0.1) is 0 Å². The lowest BCUT2D eigenvalue weighted by atomic mass is 9.72. The number of halogens is 3. The van der Waals surface area contributed by atoms with Crippen LogP contribution in [0.25, 0.3) is 0 Å². The lowest BCUT2D eigenvalue weighted by molar-refractivity contribution is -0.141. The standard InChI is InChI=1S/C21H26F3N5O4/c1-11-8-15(21(22,23)24)26-10-14(11)16-20(33-19(32)29-28-16)6-4-13(5-7-20)9-12(2)27-18(31)17(30)25-3/h8,10,12-13H,4-7,9H2,1-3H3,(H,25,30)(H,27,31)(H,29,32)/t12-,13?,20?/m0/s1. The van der Waals surface area contributed by atoms with Crippen LogP contribution in [0.2, 0.25) is 0 Å². The second kappa shape index (κ2) is 9.36. The molecule has 9 nitrogen and oxygen atoms in total. The zero-order valence-corrected chi connectivity index (χ0v) is 18.5. The van der Waals surface area contributed by atoms with Crippen LogP contribution < -0.4 is 16.1 Å². The molecule has 3 amide bonds. The smallest absolute Gasteiger partial charge is 0.433 e. The Morgan fingerprint density at radius 1 is 1.30 bits per heavy atom. The van der Waals surface area contributed by atoms with E-state index in [0.29, 0.717) is 48.9 Å². The Kier molecular flexibility index (Phi) is 6.94. The second-order valence-electron chi connectivity index (χ2n) is 8.47. The zero-order valence-electron chi connectivity index (χ0n) is 18.5. The number of alkyl halides is 3. The summed E-state index contributed by atoms with van der Waals surface area (Å²) in [6.07, 6.45) is -1.44. The van der Waals surface area contributed by atoms with Crippen molar-refractivity contribution in [2.75, 3.05) is 7.05 Å². The topological polar surface area (TPSA) is 122 Å². The molecule has 1 aliphatic heterocycles. The van der Waals surface area contributed by atoms with Gasteiger partial charge in [0, 0.05) is 24.8 Å². The van der Waals surface area contributed by atoms with Gasteiger partial charge in [0.15, 0.2) is 5.60 Å². The normalized spacial score (nSPS) is 23.8. The van der Waals surface area contributed by atoms with E-state index in [1.165, 1.54) is 14.0 Å². The highest BCUT2D eigenvalue weighted by Gasteiger charge is 2.47. The summed E-state index contributed by atoms with van der Waals surface area (Å²) in [6.45, 7) is 3.33. The van der Waals surface area contributed by atoms with E-state index in [1.807, 2.05) is 0 Å². The first-order valence-electron chi connectivity index (χ1n) is 10.6. The summed E-state index contributed by atoms with van der Waals surface area (Å²) in [6, 6.07) is 0.712. The quantitative estimate of drug-likeness (QED) is 0.585. The molecule has 1 spiro atoms. The minimum atomic E-state index is -4.57. The van der Waals surface area contributed by atoms with Gasteiger partial charge in [0.25, 0.3) is 0 Å². The number of amides is 3. The molecule has 12 heteroatoms. The molecule has 0 unspecified atom stereocenters. The number of aromatic nitrogens is 1. The van der Waals surface area contributed by atoms with Gasteiger partial charge < -0.3 is 15.4 Å². The maximum atomic E-state index is 13.0. The number of ether oxygens (including phenoxy) is 1. The van der Waals surface area contributed by atoms with Crippen LogP contribution in [0.1, 0.15) is 55.8 Å². The molecule has 180 valence electrons. The third kappa shape index (κ3) is 5.42. The Morgan fingerprint density at radius 2 is 1.97 bits per heavy atom. The highest BCUT2D eigenvalue weighted by atomic mass is 19.4. The molecule has 0 radical (unpaired) electrons. The summed E-state index contributed by atoms with van der Waals surface area (Å²) in [7, 11) is 1.38. The number of hydrogen-bond acceptors (Lipinski definition) is 6. The van der Waals surface area contributed by atoms with Gasteiger partial charge in [-0.25, -0.2) is 10.2 Å². The van der Waals surface area contributed by atoms with Crippen molar-refractivity contribution in [3.63, 3.8) is 0 Å². The predicted octanol–water partition coefficient (Wildman–Crippen LogP) is 2.42. The number of pyridine rings is 1. The number of carbonyl (C=O) groups is 3. The zero-order chi connectivity index (χ0) is 24.4. The van der Waals surface area contributed by atoms with E-state index in [0.717, 1.165) is 12.3 Å². The molecule has 0 aromatic carbocycles. The first kappa shape index (κ1) is 24.5. The number of hydrazone groups is 1. The third-order valence-corrected chi connectivity index (χ3v) is 6.05. The second-order valence-corrected chi connectivity index (χ2v) is 8.47. The van der Waals surface area contributed by atoms with Crippen LogP contribution in [0.15, 0.2) is 17.4 Å². The lowest BCUT2D eigenvalue weighted by Gasteiger charge is -2.42. The summed E-state index contributed by atoms with van der Waals surface area (Å²) in [5.41, 5.74) is 1.22. The number of likely N-dealkylation sites (N-methyl/N-ethyl adjacent to an activating group) is 1. The minimum absolute atomic E-state index is 0.192. The molecule has 2 aliphatic rings. The van der Waals surface area contributed by atoms with Gasteiger partial charge in [-0.3, -0.25) is 14.6 Å². The molecule has 3 N–H and O–H groups in total. The summed E-state index contributed by atoms with van der Waals surface area (Å²) in [5.74, 6) is -1.23. The van der Waals surface area contributed by atoms with E-state index < -0.39 is 35.4 Å². The summed E-state index contributed by atoms with van der Waals surface area (Å²) < 4.78 is 44.7. The predicted molar refractivity (Wildman–Crippen MR) is 111 cm³/mol. The van der Waals surface area contributed by atoms with Crippen molar-refractivity contribution in [2.45, 2.75) is 63.8 Å². The van der Waals surface area contributed by atoms with E-state index in [1.54, 1.807) is 6.92 Å². The van der Waals surface area contributed by atoms with Crippen molar-refractivity contribution < 1.29 is 32.3 Å². The van der Waals surface area contributed by atoms with Gasteiger partial charge in [-0.1, -0.05) is 0 Å². The van der Waals surface area contributed by atoms with Gasteiger partial charge in [-0.05, 0) is 63.5 Å². The van der Waals surface area contributed by atoms with Crippen LogP contribution in [0, 0.1) is 12.8 Å². The fourth-order valence-corrected chi connectivity index (χ4v) is 4.40. The van der Waals surface area contributed by atoms with Crippen molar-refractivity contribution in [3.05, 3.63) is 29.1 Å². The molecule has 3 rings (SSSR count). The maximum absolute atomic E-state index is 13.0. The Balaban J connectivity index is 1.73. The van der Waals surface area contributed by atoms with Gasteiger partial charge >= 0.3 is 24.1 Å². The van der Waals surface area contributed by atoms with Crippen LogP contribution in [-0.4, -0.2) is 47.3 Å². The molecule has 1 fully saturated rings. The summed E-state index contributed by atoms with van der Waals surface area (Å²) >= 11 is 0. The molecule has 33 heavy (non-hydrogen) atoms. The molecule has 0 bridgehead atoms. The average Bonchev–Trinajstić information content (AvgIpc) is 2.74. The molecule has 0 saturated heterocycles. The summed E-state index contributed by atoms with van der Waals surface area (Å²) in [4.78, 5) is 38.6. The lowest BCUT2D eigenvalue weighted by Crippen LogP contribution is -2.53. The SMILES string of the molecule is CNC(=O)C(=O)N[C@@H](C)CC1CCC2(CC1)OC(=O)NN=C2c1cnc(C(F)(F)F)cc1C. The largest absolute Gasteiger partial charge is 0.435 e. The first-order valence-corrected chi connectivity index (χ1v) is 10.6. The van der Waals surface area contributed by atoms with Crippen molar-refractivity contribution >= 4 is 23.6 Å². The van der Waals surface area contributed by atoms with Gasteiger partial charge in [-0.2, -0.15) is 18.3 Å². The molecule has 1 atom stereocenters. The van der Waals surface area contributed by atoms with Crippen molar-refractivity contribution in [1.29, 1.82) is 0 Å². The number of nitrogens with one attached hydrogen (secondary N) is 3. The van der Waals surface area contributed by atoms with E-state index in [9.17, 15) is 27.6 Å². The highest BCUT2D eigenvalue weighted by molar-refractivity contribution is 6.35. The fraction of sp³-hybridized carbons (Fsp3) is 0.571. The van der Waals surface area contributed by atoms with Gasteiger partial charge in [0.2, 0.25) is 0 Å². The highest BCUT2D eigenvalue weighted by Crippen LogP contribution is 2.41. The van der Waals surface area contributed by atoms with Crippen molar-refractivity contribution in [3.8, 4) is 0 Å². The van der Waals surface area contributed by atoms with E-state index >= 15 is 0 Å². The van der Waals surface area contributed by atoms with Crippen LogP contribution in [0.5, 0.6) is 0 Å². The molecule has 1 saturated carbocycles. The molecule has 1 aromatic rings. The Morgan fingerprint density at radius 3 is 2.55 bits per heavy atom. The fourth-order valence-electron chi connectivity index (χ4n) is 4.40. The van der Waals surface area contributed by atoms with Crippen LogP contribution in [-0.2, 0) is 20.5 Å². The molecule has 2 heterocycles.